The molecule has 0 atom stereocenters. The molecule has 0 saturated heterocycles. The maximum atomic E-state index is 12.9. The number of hydrogen-bond donors (Lipinski definition) is 0. The van der Waals surface area contributed by atoms with Gasteiger partial charge in [0.05, 0.1) is 12.2 Å². The second-order valence-corrected chi connectivity index (χ2v) is 2.97. The van der Waals surface area contributed by atoms with Gasteiger partial charge in [-0.2, -0.15) is 0 Å². The molecule has 0 unspecified atom stereocenters. The molecule has 11 heavy (non-hydrogen) atoms. The summed E-state index contributed by atoms with van der Waals surface area (Å²) in [5.74, 6) is 0. The third-order valence-electron chi connectivity index (χ3n) is 2.08. The summed E-state index contributed by atoms with van der Waals surface area (Å²) in [6.07, 6.45) is 0.839. The minimum absolute atomic E-state index is 0.513. The van der Waals surface area contributed by atoms with Crippen molar-refractivity contribution < 1.29 is 4.48 Å². The van der Waals surface area contributed by atoms with Crippen molar-refractivity contribution in [2.24, 2.45) is 0 Å². The Morgan fingerprint density at radius 2 is 2.27 bits per heavy atom. The average molecular weight is 151 g/mol. The Balaban J connectivity index is 2.52. The van der Waals surface area contributed by atoms with Crippen LogP contribution in [-0.2, 0) is 6.42 Å². The zero-order valence-electron chi connectivity index (χ0n) is 6.47. The first kappa shape index (κ1) is 6.65. The Morgan fingerprint density at radius 3 is 3.09 bits per heavy atom. The van der Waals surface area contributed by atoms with Crippen LogP contribution in [0.2, 0.25) is 0 Å². The number of hydrogen-bond acceptors (Lipinski definition) is 1. The highest BCUT2D eigenvalue weighted by molar-refractivity contribution is 5.57. The smallest absolute Gasteiger partial charge is 0.0723 e. The van der Waals surface area contributed by atoms with Gasteiger partial charge < -0.3 is 0 Å². The molecule has 2 heteroatoms. The number of fused-ring (bicyclic) bond motifs is 1. The summed E-state index contributed by atoms with van der Waals surface area (Å²) in [6.45, 7) is 2.49. The van der Waals surface area contributed by atoms with E-state index in [4.69, 9.17) is 0 Å². The molecule has 0 aliphatic carbocycles. The van der Waals surface area contributed by atoms with Crippen molar-refractivity contribution in [2.75, 3.05) is 11.7 Å². The molecule has 1 nitrogen and oxygen atoms in total. The van der Waals surface area contributed by atoms with Crippen LogP contribution in [0.25, 0.3) is 0 Å². The Morgan fingerprint density at radius 1 is 1.45 bits per heavy atom. The van der Waals surface area contributed by atoms with Crippen molar-refractivity contribution in [3.63, 3.8) is 0 Å². The molecule has 0 saturated carbocycles. The fourth-order valence-electron chi connectivity index (χ4n) is 1.45. The molecule has 1 aliphatic heterocycles. The van der Waals surface area contributed by atoms with Gasteiger partial charge in [-0.3, -0.25) is 0 Å². The van der Waals surface area contributed by atoms with Gasteiger partial charge in [-0.15, -0.1) is 0 Å². The van der Waals surface area contributed by atoms with Gasteiger partial charge >= 0.3 is 0 Å². The minimum Gasteiger partial charge on any atom is -0.211 e. The van der Waals surface area contributed by atoms with E-state index in [1.54, 1.807) is 0 Å². The number of aryl methyl sites for hydroxylation is 1. The maximum Gasteiger partial charge on any atom is 0.0723 e. The first-order valence-electron chi connectivity index (χ1n) is 3.80. The zero-order chi connectivity index (χ0) is 7.84. The minimum atomic E-state index is 0.513. The first-order chi connectivity index (χ1) is 5.27. The van der Waals surface area contributed by atoms with Gasteiger partial charge in [0.15, 0.2) is 0 Å². The lowest BCUT2D eigenvalue weighted by molar-refractivity contribution is 0.451. The second-order valence-electron chi connectivity index (χ2n) is 2.97. The lowest BCUT2D eigenvalue weighted by Crippen LogP contribution is -2.06. The summed E-state index contributed by atoms with van der Waals surface area (Å²) in [6, 6.07) is 5.92. The number of anilines is 1. The number of nitrogens with zero attached hydrogens (tertiary/aromatic N) is 1. The normalized spacial score (nSPS) is 15.3. The standard InChI is InChI=1S/C9H10FN/c1-7-2-3-8-4-5-11(10)9(8)6-7/h2-3,6H,4-5H2,1H3. The molecule has 0 spiro atoms. The van der Waals surface area contributed by atoms with Gasteiger partial charge in [0.2, 0.25) is 0 Å². The zero-order valence-corrected chi connectivity index (χ0v) is 6.47. The third kappa shape index (κ3) is 0.985. The van der Waals surface area contributed by atoms with E-state index in [9.17, 15) is 4.48 Å². The largest absolute Gasteiger partial charge is 0.211 e. The lowest BCUT2D eigenvalue weighted by Gasteiger charge is -2.05. The van der Waals surface area contributed by atoms with E-state index >= 15 is 0 Å². The molecular weight excluding hydrogens is 141 g/mol. The van der Waals surface area contributed by atoms with Crippen LogP contribution < -0.4 is 5.12 Å². The molecule has 0 amide bonds. The third-order valence-corrected chi connectivity index (χ3v) is 2.08. The fraction of sp³-hybridized carbons (Fsp3) is 0.333. The summed E-state index contributed by atoms with van der Waals surface area (Å²) in [5, 5.41) is 0.822. The Kier molecular flexibility index (Phi) is 1.34. The van der Waals surface area contributed by atoms with Crippen LogP contribution in [0.5, 0.6) is 0 Å². The van der Waals surface area contributed by atoms with Crippen molar-refractivity contribution in [2.45, 2.75) is 13.3 Å². The van der Waals surface area contributed by atoms with Crippen molar-refractivity contribution in [3.8, 4) is 0 Å². The van der Waals surface area contributed by atoms with E-state index in [0.29, 0.717) is 6.54 Å². The van der Waals surface area contributed by atoms with Crippen LogP contribution >= 0.6 is 0 Å². The van der Waals surface area contributed by atoms with Crippen molar-refractivity contribution in [1.82, 2.24) is 0 Å². The summed E-state index contributed by atoms with van der Waals surface area (Å²) in [4.78, 5) is 0. The van der Waals surface area contributed by atoms with Crippen molar-refractivity contribution in [1.29, 1.82) is 0 Å². The Labute approximate surface area is 65.4 Å². The Hall–Kier alpha value is -1.05. The van der Waals surface area contributed by atoms with Crippen molar-refractivity contribution >= 4 is 5.69 Å². The molecular formula is C9H10FN. The van der Waals surface area contributed by atoms with Crippen LogP contribution in [0.4, 0.5) is 10.2 Å². The van der Waals surface area contributed by atoms with Gasteiger partial charge in [0.25, 0.3) is 0 Å². The molecule has 0 fully saturated rings. The first-order valence-corrected chi connectivity index (χ1v) is 3.80. The topological polar surface area (TPSA) is 3.24 Å². The van der Waals surface area contributed by atoms with Gasteiger partial charge in [-0.05, 0) is 30.5 Å². The van der Waals surface area contributed by atoms with Crippen LogP contribution in [0.1, 0.15) is 11.1 Å². The molecule has 1 aliphatic rings. The summed E-state index contributed by atoms with van der Waals surface area (Å²) >= 11 is 0. The average Bonchev–Trinajstić information content (AvgIpc) is 2.33. The molecule has 1 aromatic rings. The van der Waals surface area contributed by atoms with Gasteiger partial charge in [0.1, 0.15) is 0 Å². The van der Waals surface area contributed by atoms with Gasteiger partial charge in [-0.25, -0.2) is 5.12 Å². The van der Waals surface area contributed by atoms with E-state index in [1.807, 2.05) is 25.1 Å². The summed E-state index contributed by atoms with van der Waals surface area (Å²) < 4.78 is 12.9. The van der Waals surface area contributed by atoms with E-state index in [1.165, 1.54) is 0 Å². The molecule has 0 bridgehead atoms. The van der Waals surface area contributed by atoms with E-state index in [2.05, 4.69) is 0 Å². The molecule has 0 aromatic heterocycles. The van der Waals surface area contributed by atoms with Crippen LogP contribution in [-0.4, -0.2) is 6.54 Å². The number of benzene rings is 1. The molecule has 0 N–H and O–H groups in total. The number of rotatable bonds is 0. The molecule has 2 rings (SSSR count). The second kappa shape index (κ2) is 2.22. The highest BCUT2D eigenvalue weighted by Crippen LogP contribution is 2.28. The van der Waals surface area contributed by atoms with Crippen LogP contribution in [0, 0.1) is 6.92 Å². The summed E-state index contributed by atoms with van der Waals surface area (Å²) in [7, 11) is 0. The Bertz CT molecular complexity index is 283. The van der Waals surface area contributed by atoms with Gasteiger partial charge in [0, 0.05) is 0 Å². The van der Waals surface area contributed by atoms with Crippen LogP contribution in [0.15, 0.2) is 18.2 Å². The highest BCUT2D eigenvalue weighted by atomic mass is 19.2. The fourth-order valence-corrected chi connectivity index (χ4v) is 1.45. The van der Waals surface area contributed by atoms with E-state index in [0.717, 1.165) is 28.4 Å². The predicted molar refractivity (Wildman–Crippen MR) is 43.3 cm³/mol. The highest BCUT2D eigenvalue weighted by Gasteiger charge is 2.17. The number of halogens is 1. The van der Waals surface area contributed by atoms with E-state index in [-0.39, 0.29) is 0 Å². The molecule has 1 heterocycles. The van der Waals surface area contributed by atoms with Gasteiger partial charge in [-0.1, -0.05) is 16.6 Å². The van der Waals surface area contributed by atoms with Crippen LogP contribution in [0.3, 0.4) is 0 Å². The molecule has 0 radical (unpaired) electrons. The monoisotopic (exact) mass is 151 g/mol. The predicted octanol–water partition coefficient (Wildman–Crippen LogP) is 2.24. The maximum absolute atomic E-state index is 12.9. The van der Waals surface area contributed by atoms with E-state index < -0.39 is 0 Å². The quantitative estimate of drug-likeness (QED) is 0.514. The SMILES string of the molecule is Cc1ccc2c(c1)N(F)CC2. The van der Waals surface area contributed by atoms with Crippen molar-refractivity contribution in [3.05, 3.63) is 29.3 Å². The molecule has 58 valence electrons. The lowest BCUT2D eigenvalue weighted by atomic mass is 10.1. The summed E-state index contributed by atoms with van der Waals surface area (Å²) in [5.41, 5.74) is 3.00. The molecule has 1 aromatic carbocycles.